The molecule has 3 atom stereocenters. The number of hydrogen-bond acceptors (Lipinski definition) is 5. The number of carbonyl (C=O) groups excluding carboxylic acids is 2. The second-order valence-electron chi connectivity index (χ2n) is 4.45. The van der Waals surface area contributed by atoms with Gasteiger partial charge in [-0.15, -0.1) is 0 Å². The summed E-state index contributed by atoms with van der Waals surface area (Å²) in [7, 11) is 0. The van der Waals surface area contributed by atoms with Gasteiger partial charge in [0, 0.05) is 6.54 Å². The van der Waals surface area contributed by atoms with Gasteiger partial charge in [0.1, 0.15) is 24.2 Å². The Labute approximate surface area is 89.3 Å². The van der Waals surface area contributed by atoms with E-state index in [0.29, 0.717) is 6.47 Å². The topological polar surface area (TPSA) is 55.6 Å². The molecule has 0 aliphatic carbocycles. The highest BCUT2D eigenvalue weighted by atomic mass is 16.5. The maximum absolute atomic E-state index is 10.1. The van der Waals surface area contributed by atoms with Gasteiger partial charge in [0.25, 0.3) is 6.47 Å². The molecule has 2 heterocycles. The molecule has 0 saturated carbocycles. The zero-order valence-electron chi connectivity index (χ0n) is 9.30. The molecule has 2 saturated heterocycles. The predicted molar refractivity (Wildman–Crippen MR) is 53.2 cm³/mol. The summed E-state index contributed by atoms with van der Waals surface area (Å²) in [6.07, 6.45) is 1.11. The maximum Gasteiger partial charge on any atom is 0.293 e. The van der Waals surface area contributed by atoms with Gasteiger partial charge < -0.3 is 14.3 Å². The lowest BCUT2D eigenvalue weighted by molar-refractivity contribution is -0.138. The molecule has 2 aliphatic rings. The fraction of sp³-hybridized carbons (Fsp3) is 0.800. The molecule has 0 aromatic rings. The van der Waals surface area contributed by atoms with Crippen LogP contribution in [0.25, 0.3) is 0 Å². The van der Waals surface area contributed by atoms with E-state index >= 15 is 0 Å². The van der Waals surface area contributed by atoms with Crippen molar-refractivity contribution in [3.8, 4) is 0 Å². The zero-order chi connectivity index (χ0) is 11.5. The number of aldehydes is 1. The van der Waals surface area contributed by atoms with Crippen LogP contribution < -0.4 is 0 Å². The molecule has 5 nitrogen and oxygen atoms in total. The van der Waals surface area contributed by atoms with Crippen molar-refractivity contribution in [2.24, 2.45) is 0 Å². The number of fused-ring (bicyclic) bond motifs is 1. The number of morpholine rings is 1. The highest BCUT2D eigenvalue weighted by Crippen LogP contribution is 2.31. The molecule has 0 radical (unpaired) electrons. The number of hydrogen-bond donors (Lipinski definition) is 0. The van der Waals surface area contributed by atoms with Gasteiger partial charge in [0.15, 0.2) is 0 Å². The smallest absolute Gasteiger partial charge is 0.293 e. The average molecular weight is 215 g/mol. The second kappa shape index (κ2) is 4.72. The molecule has 2 rings (SSSR count). The molecule has 0 bridgehead atoms. The van der Waals surface area contributed by atoms with Crippen LogP contribution >= 0.6 is 0 Å². The summed E-state index contributed by atoms with van der Waals surface area (Å²) < 4.78 is 9.67. The summed E-state index contributed by atoms with van der Waals surface area (Å²) in [4.78, 5) is 21.7. The third kappa shape index (κ3) is 3.60. The first-order valence-electron chi connectivity index (χ1n) is 4.93. The molecule has 86 valence electrons. The van der Waals surface area contributed by atoms with E-state index in [1.54, 1.807) is 0 Å². The Morgan fingerprint density at radius 2 is 2.07 bits per heavy atom. The number of nitrogens with zero attached hydrogens (tertiary/aromatic N) is 1. The molecular weight excluding hydrogens is 198 g/mol. The van der Waals surface area contributed by atoms with Gasteiger partial charge in [-0.3, -0.25) is 9.69 Å². The van der Waals surface area contributed by atoms with Crippen LogP contribution in [0, 0.1) is 0 Å². The Bertz CT molecular complexity index is 226. The molecule has 0 amide bonds. The fourth-order valence-electron chi connectivity index (χ4n) is 1.31. The van der Waals surface area contributed by atoms with E-state index in [-0.39, 0.29) is 17.9 Å². The first-order valence-corrected chi connectivity index (χ1v) is 4.93. The Hall–Kier alpha value is -0.940. The van der Waals surface area contributed by atoms with Crippen LogP contribution in [0.2, 0.25) is 0 Å². The lowest BCUT2D eigenvalue weighted by Crippen LogP contribution is -2.17. The number of rotatable bonds is 2. The van der Waals surface area contributed by atoms with E-state index < -0.39 is 0 Å². The van der Waals surface area contributed by atoms with Crippen molar-refractivity contribution >= 4 is 12.8 Å². The molecule has 2 fully saturated rings. The molecule has 0 aromatic heterocycles. The molecule has 15 heavy (non-hydrogen) atoms. The van der Waals surface area contributed by atoms with Crippen LogP contribution in [0.4, 0.5) is 0 Å². The van der Waals surface area contributed by atoms with Gasteiger partial charge in [-0.1, -0.05) is 0 Å². The Morgan fingerprint density at radius 3 is 2.27 bits per heavy atom. The van der Waals surface area contributed by atoms with E-state index in [4.69, 9.17) is 4.74 Å². The summed E-state index contributed by atoms with van der Waals surface area (Å²) in [5.74, 6) is 0. The molecule has 2 aliphatic heterocycles. The first kappa shape index (κ1) is 12.1. The first-order chi connectivity index (χ1) is 6.99. The van der Waals surface area contributed by atoms with Crippen LogP contribution in [0.15, 0.2) is 0 Å². The minimum Gasteiger partial charge on any atom is -0.462 e. The van der Waals surface area contributed by atoms with Gasteiger partial charge in [-0.2, -0.15) is 0 Å². The molecular formula is C10H17NO4. The van der Waals surface area contributed by atoms with Crippen LogP contribution in [0.3, 0.4) is 0 Å². The van der Waals surface area contributed by atoms with Crippen LogP contribution in [0.1, 0.15) is 20.8 Å². The summed E-state index contributed by atoms with van der Waals surface area (Å²) in [6, 6.07) is 0.101. The number of carbonyl (C=O) groups is 2. The highest BCUT2D eigenvalue weighted by Gasteiger charge is 2.51. The van der Waals surface area contributed by atoms with Crippen molar-refractivity contribution in [1.29, 1.82) is 0 Å². The molecule has 0 spiro atoms. The SMILES string of the molecule is CC(C)(C)OC=O.O=CC1C2OCCN12. The third-order valence-electron chi connectivity index (χ3n) is 2.09. The zero-order valence-corrected chi connectivity index (χ0v) is 9.30. The monoisotopic (exact) mass is 215 g/mol. The van der Waals surface area contributed by atoms with E-state index in [1.165, 1.54) is 0 Å². The van der Waals surface area contributed by atoms with Crippen molar-refractivity contribution in [3.63, 3.8) is 0 Å². The van der Waals surface area contributed by atoms with Crippen molar-refractivity contribution in [1.82, 2.24) is 4.90 Å². The van der Waals surface area contributed by atoms with Crippen LogP contribution in [0.5, 0.6) is 0 Å². The van der Waals surface area contributed by atoms with Gasteiger partial charge in [0.2, 0.25) is 0 Å². The van der Waals surface area contributed by atoms with Crippen molar-refractivity contribution in [2.75, 3.05) is 13.2 Å². The van der Waals surface area contributed by atoms with Crippen LogP contribution in [-0.2, 0) is 19.1 Å². The molecule has 5 heteroatoms. The minimum absolute atomic E-state index is 0.101. The lowest BCUT2D eigenvalue weighted by Gasteiger charge is -2.14. The third-order valence-corrected chi connectivity index (χ3v) is 2.09. The Balaban J connectivity index is 0.000000153. The van der Waals surface area contributed by atoms with Gasteiger partial charge in [-0.05, 0) is 20.8 Å². The largest absolute Gasteiger partial charge is 0.462 e. The molecule has 3 unspecified atom stereocenters. The molecule has 0 N–H and O–H groups in total. The quantitative estimate of drug-likeness (QED) is 0.486. The van der Waals surface area contributed by atoms with E-state index in [0.717, 1.165) is 19.4 Å². The normalized spacial score (nSPS) is 32.1. The van der Waals surface area contributed by atoms with E-state index in [1.807, 2.05) is 25.7 Å². The predicted octanol–water partition coefficient (Wildman–Crippen LogP) is 0.184. The summed E-state index contributed by atoms with van der Waals surface area (Å²) in [5.41, 5.74) is -0.318. The number of ether oxygens (including phenoxy) is 2. The van der Waals surface area contributed by atoms with Crippen molar-refractivity contribution in [2.45, 2.75) is 38.6 Å². The van der Waals surface area contributed by atoms with E-state index in [2.05, 4.69) is 4.74 Å². The molecule has 0 aromatic carbocycles. The Morgan fingerprint density at radius 1 is 1.40 bits per heavy atom. The van der Waals surface area contributed by atoms with Crippen LogP contribution in [-0.4, -0.2) is 48.7 Å². The van der Waals surface area contributed by atoms with Gasteiger partial charge in [-0.25, -0.2) is 0 Å². The summed E-state index contributed by atoms with van der Waals surface area (Å²) >= 11 is 0. The fourth-order valence-corrected chi connectivity index (χ4v) is 1.31. The van der Waals surface area contributed by atoms with Crippen molar-refractivity contribution in [3.05, 3.63) is 0 Å². The minimum atomic E-state index is -0.318. The second-order valence-corrected chi connectivity index (χ2v) is 4.45. The van der Waals surface area contributed by atoms with E-state index in [9.17, 15) is 9.59 Å². The standard InChI is InChI=1S/C5H7NO2.C5H10O2/c7-3-4-5-6(4)1-2-8-5;1-5(2,3)7-4-6/h3-5H,1-2H2;4H,1-3H3. The van der Waals surface area contributed by atoms with Gasteiger partial charge >= 0.3 is 0 Å². The Kier molecular flexibility index (Phi) is 3.82. The van der Waals surface area contributed by atoms with Crippen molar-refractivity contribution < 1.29 is 19.1 Å². The summed E-state index contributed by atoms with van der Waals surface area (Å²) in [5, 5.41) is 0. The van der Waals surface area contributed by atoms with Gasteiger partial charge in [0.05, 0.1) is 6.61 Å². The highest BCUT2D eigenvalue weighted by molar-refractivity contribution is 5.63. The maximum atomic E-state index is 10.1. The lowest BCUT2D eigenvalue weighted by atomic mass is 10.2. The summed E-state index contributed by atoms with van der Waals surface area (Å²) in [6.45, 7) is 7.66. The average Bonchev–Trinajstić information content (AvgIpc) is 2.55.